The molecule has 1 aliphatic carbocycles. The fourth-order valence-corrected chi connectivity index (χ4v) is 3.69. The predicted octanol–water partition coefficient (Wildman–Crippen LogP) is 3.72. The number of hydrogen-bond acceptors (Lipinski definition) is 3. The lowest BCUT2D eigenvalue weighted by atomic mass is 9.90. The molecule has 1 saturated heterocycles. The van der Waals surface area contributed by atoms with E-state index < -0.39 is 0 Å². The second-order valence-electron chi connectivity index (χ2n) is 5.69. The van der Waals surface area contributed by atoms with Crippen LogP contribution in [0.15, 0.2) is 18.3 Å². The number of nitrogens with one attached hydrogen (secondary N) is 1. The molecule has 1 aliphatic heterocycles. The van der Waals surface area contributed by atoms with Gasteiger partial charge in [0.2, 0.25) is 0 Å². The van der Waals surface area contributed by atoms with E-state index in [-0.39, 0.29) is 24.8 Å². The molecule has 21 heavy (non-hydrogen) atoms. The van der Waals surface area contributed by atoms with Gasteiger partial charge in [-0.3, -0.25) is 4.90 Å². The summed E-state index contributed by atoms with van der Waals surface area (Å²) >= 11 is 5.93. The Bertz CT molecular complexity index is 401. The Kier molecular flexibility index (Phi) is 8.28. The largest absolute Gasteiger partial charge is 0.314 e. The molecule has 0 spiro atoms. The molecule has 1 atom stereocenters. The van der Waals surface area contributed by atoms with Crippen LogP contribution in [-0.2, 0) is 0 Å². The second-order valence-corrected chi connectivity index (χ2v) is 6.08. The molecule has 2 aliphatic rings. The Labute approximate surface area is 144 Å². The Morgan fingerprint density at radius 3 is 2.38 bits per heavy atom. The predicted molar refractivity (Wildman–Crippen MR) is 92.9 cm³/mol. The number of aromatic nitrogens is 1. The van der Waals surface area contributed by atoms with Gasteiger partial charge in [0, 0.05) is 38.4 Å². The van der Waals surface area contributed by atoms with E-state index in [1.165, 1.54) is 31.2 Å². The Morgan fingerprint density at radius 1 is 1.14 bits per heavy atom. The zero-order valence-electron chi connectivity index (χ0n) is 12.1. The highest BCUT2D eigenvalue weighted by molar-refractivity contribution is 6.29. The van der Waals surface area contributed by atoms with Crippen molar-refractivity contribution in [3.05, 3.63) is 29.0 Å². The summed E-state index contributed by atoms with van der Waals surface area (Å²) in [5.74, 6) is 0.793. The molecule has 0 unspecified atom stereocenters. The van der Waals surface area contributed by atoms with Crippen LogP contribution in [0.1, 0.15) is 37.3 Å². The van der Waals surface area contributed by atoms with Crippen molar-refractivity contribution in [3.63, 3.8) is 0 Å². The maximum Gasteiger partial charge on any atom is 0.129 e. The van der Waals surface area contributed by atoms with Crippen molar-refractivity contribution >= 4 is 36.4 Å². The van der Waals surface area contributed by atoms with Crippen molar-refractivity contribution in [3.8, 4) is 0 Å². The highest BCUT2D eigenvalue weighted by Gasteiger charge is 2.31. The van der Waals surface area contributed by atoms with Crippen LogP contribution < -0.4 is 5.32 Å². The Hall–Kier alpha value is -0.0600. The summed E-state index contributed by atoms with van der Waals surface area (Å²) in [4.78, 5) is 6.93. The van der Waals surface area contributed by atoms with Crippen molar-refractivity contribution in [2.45, 2.75) is 31.7 Å². The van der Waals surface area contributed by atoms with Gasteiger partial charge in [0.05, 0.1) is 0 Å². The minimum atomic E-state index is 0. The SMILES string of the molecule is Cl.Cl.Clc1ccc([C@H](C2CCCC2)N2CCNCC2)cn1. The maximum atomic E-state index is 5.93. The molecular formula is C15H24Cl3N3. The third kappa shape index (κ3) is 4.70. The van der Waals surface area contributed by atoms with Gasteiger partial charge >= 0.3 is 0 Å². The molecule has 3 rings (SSSR count). The molecule has 120 valence electrons. The first-order valence-corrected chi connectivity index (χ1v) is 7.78. The quantitative estimate of drug-likeness (QED) is 0.840. The number of nitrogens with zero attached hydrogens (tertiary/aromatic N) is 2. The van der Waals surface area contributed by atoms with Gasteiger partial charge < -0.3 is 5.32 Å². The van der Waals surface area contributed by atoms with E-state index in [0.717, 1.165) is 32.1 Å². The average Bonchev–Trinajstić information content (AvgIpc) is 2.96. The zero-order chi connectivity index (χ0) is 13.1. The van der Waals surface area contributed by atoms with Crippen molar-refractivity contribution in [1.29, 1.82) is 0 Å². The fourth-order valence-electron chi connectivity index (χ4n) is 3.58. The molecule has 2 heterocycles. The highest BCUT2D eigenvalue weighted by Crippen LogP contribution is 2.39. The van der Waals surface area contributed by atoms with Gasteiger partial charge in [-0.25, -0.2) is 4.98 Å². The molecule has 0 amide bonds. The Balaban J connectivity index is 0.00000110. The van der Waals surface area contributed by atoms with E-state index in [0.29, 0.717) is 11.2 Å². The molecule has 1 saturated carbocycles. The summed E-state index contributed by atoms with van der Waals surface area (Å²) in [6.45, 7) is 4.49. The third-order valence-corrected chi connectivity index (χ3v) is 4.71. The summed E-state index contributed by atoms with van der Waals surface area (Å²) in [6.07, 6.45) is 7.46. The van der Waals surface area contributed by atoms with Gasteiger partial charge in [0.25, 0.3) is 0 Å². The number of rotatable bonds is 3. The molecule has 1 N–H and O–H groups in total. The number of piperazine rings is 1. The summed E-state index contributed by atoms with van der Waals surface area (Å²) in [6, 6.07) is 4.64. The van der Waals surface area contributed by atoms with Crippen LogP contribution in [0.25, 0.3) is 0 Å². The van der Waals surface area contributed by atoms with Crippen LogP contribution >= 0.6 is 36.4 Å². The fraction of sp³-hybridized carbons (Fsp3) is 0.667. The van der Waals surface area contributed by atoms with Crippen LogP contribution in [0.2, 0.25) is 5.15 Å². The van der Waals surface area contributed by atoms with Crippen molar-refractivity contribution < 1.29 is 0 Å². The number of halogens is 3. The molecule has 2 fully saturated rings. The molecule has 0 bridgehead atoms. The van der Waals surface area contributed by atoms with Gasteiger partial charge in [-0.2, -0.15) is 0 Å². The van der Waals surface area contributed by atoms with Crippen LogP contribution in [0.5, 0.6) is 0 Å². The molecule has 1 aromatic heterocycles. The molecule has 1 aromatic rings. The first-order chi connectivity index (χ1) is 9.34. The summed E-state index contributed by atoms with van der Waals surface area (Å²) in [5, 5.41) is 4.03. The van der Waals surface area contributed by atoms with Gasteiger partial charge in [0.1, 0.15) is 5.15 Å². The summed E-state index contributed by atoms with van der Waals surface area (Å²) < 4.78 is 0. The zero-order valence-corrected chi connectivity index (χ0v) is 14.5. The van der Waals surface area contributed by atoms with Crippen molar-refractivity contribution in [2.24, 2.45) is 5.92 Å². The molecular weight excluding hydrogens is 329 g/mol. The second kappa shape index (κ2) is 9.16. The minimum Gasteiger partial charge on any atom is -0.314 e. The van der Waals surface area contributed by atoms with Gasteiger partial charge in [-0.15, -0.1) is 24.8 Å². The van der Waals surface area contributed by atoms with E-state index in [4.69, 9.17) is 11.6 Å². The van der Waals surface area contributed by atoms with Crippen LogP contribution in [0, 0.1) is 5.92 Å². The summed E-state index contributed by atoms with van der Waals surface area (Å²) in [5.41, 5.74) is 1.35. The minimum absolute atomic E-state index is 0. The maximum absolute atomic E-state index is 5.93. The Morgan fingerprint density at radius 2 is 1.81 bits per heavy atom. The molecule has 0 aromatic carbocycles. The first kappa shape index (κ1) is 19.0. The van der Waals surface area contributed by atoms with E-state index in [9.17, 15) is 0 Å². The number of pyridine rings is 1. The van der Waals surface area contributed by atoms with E-state index >= 15 is 0 Å². The highest BCUT2D eigenvalue weighted by atomic mass is 35.5. The van der Waals surface area contributed by atoms with Crippen LogP contribution in [-0.4, -0.2) is 36.1 Å². The van der Waals surface area contributed by atoms with E-state index in [1.54, 1.807) is 0 Å². The van der Waals surface area contributed by atoms with E-state index in [1.807, 2.05) is 12.3 Å². The monoisotopic (exact) mass is 351 g/mol. The van der Waals surface area contributed by atoms with Gasteiger partial charge in [-0.1, -0.05) is 30.5 Å². The third-order valence-electron chi connectivity index (χ3n) is 4.48. The first-order valence-electron chi connectivity index (χ1n) is 7.41. The normalized spacial score (nSPS) is 21.4. The summed E-state index contributed by atoms with van der Waals surface area (Å²) in [7, 11) is 0. The van der Waals surface area contributed by atoms with Crippen LogP contribution in [0.3, 0.4) is 0 Å². The molecule has 3 nitrogen and oxygen atoms in total. The van der Waals surface area contributed by atoms with Crippen molar-refractivity contribution in [1.82, 2.24) is 15.2 Å². The lowest BCUT2D eigenvalue weighted by Gasteiger charge is -2.38. The lowest BCUT2D eigenvalue weighted by Crippen LogP contribution is -2.46. The number of hydrogen-bond donors (Lipinski definition) is 1. The lowest BCUT2D eigenvalue weighted by molar-refractivity contribution is 0.125. The van der Waals surface area contributed by atoms with Gasteiger partial charge in [-0.05, 0) is 30.4 Å². The topological polar surface area (TPSA) is 28.2 Å². The standard InChI is InChI=1S/C15H22ClN3.2ClH/c16-14-6-5-13(11-18-14)15(12-3-1-2-4-12)19-9-7-17-8-10-19;;/h5-6,11-12,15,17H,1-4,7-10H2;2*1H/t15-;;/m0../s1. The smallest absolute Gasteiger partial charge is 0.129 e. The van der Waals surface area contributed by atoms with Crippen molar-refractivity contribution in [2.75, 3.05) is 26.2 Å². The van der Waals surface area contributed by atoms with E-state index in [2.05, 4.69) is 21.3 Å². The average molecular weight is 353 g/mol. The van der Waals surface area contributed by atoms with Crippen LogP contribution in [0.4, 0.5) is 0 Å². The van der Waals surface area contributed by atoms with Gasteiger partial charge in [0.15, 0.2) is 0 Å². The molecule has 6 heteroatoms. The molecule has 0 radical (unpaired) electrons.